The van der Waals surface area contributed by atoms with E-state index >= 15 is 0 Å². The average Bonchev–Trinajstić information content (AvgIpc) is 2.17. The summed E-state index contributed by atoms with van der Waals surface area (Å²) in [6.07, 6.45) is 2.71. The highest BCUT2D eigenvalue weighted by atomic mass is 16.5. The fourth-order valence-corrected chi connectivity index (χ4v) is 1.17. The van der Waals surface area contributed by atoms with Gasteiger partial charge in [0.1, 0.15) is 0 Å². The van der Waals surface area contributed by atoms with E-state index < -0.39 is 11.9 Å². The normalized spacial score (nSPS) is 11.9. The summed E-state index contributed by atoms with van der Waals surface area (Å²) in [4.78, 5) is 22.2. The molecule has 0 saturated heterocycles. The van der Waals surface area contributed by atoms with Gasteiger partial charge >= 0.3 is 11.9 Å². The van der Waals surface area contributed by atoms with Gasteiger partial charge in [0.15, 0.2) is 0 Å². The molecule has 0 heterocycles. The lowest BCUT2D eigenvalue weighted by Gasteiger charge is -2.14. The van der Waals surface area contributed by atoms with Crippen molar-refractivity contribution in [2.75, 3.05) is 6.61 Å². The van der Waals surface area contributed by atoms with E-state index in [4.69, 9.17) is 0 Å². The summed E-state index contributed by atoms with van der Waals surface area (Å²) in [7, 11) is 0. The molecule has 0 fully saturated rings. The lowest BCUT2D eigenvalue weighted by atomic mass is 10.1. The van der Waals surface area contributed by atoms with E-state index in [1.807, 2.05) is 13.8 Å². The molecule has 0 saturated carbocycles. The van der Waals surface area contributed by atoms with Crippen molar-refractivity contribution in [3.8, 4) is 0 Å². The van der Waals surface area contributed by atoms with Crippen LogP contribution in [0.5, 0.6) is 0 Å². The molecule has 14 heavy (non-hydrogen) atoms. The van der Waals surface area contributed by atoms with Crippen molar-refractivity contribution in [3.05, 3.63) is 0 Å². The van der Waals surface area contributed by atoms with Crippen molar-refractivity contribution in [2.45, 2.75) is 46.1 Å². The highest BCUT2D eigenvalue weighted by Crippen LogP contribution is 2.00. The Kier molecular flexibility index (Phi) is 6.80. The first-order chi connectivity index (χ1) is 6.65. The molecule has 1 N–H and O–H groups in total. The van der Waals surface area contributed by atoms with E-state index in [0.717, 1.165) is 19.3 Å². The van der Waals surface area contributed by atoms with Gasteiger partial charge in [-0.15, -0.1) is 0 Å². The van der Waals surface area contributed by atoms with E-state index in [1.54, 1.807) is 6.92 Å². The third kappa shape index (κ3) is 4.84. The number of hydrogen-bond acceptors (Lipinski definition) is 3. The summed E-state index contributed by atoms with van der Waals surface area (Å²) in [5, 5.41) is 2.64. The summed E-state index contributed by atoms with van der Waals surface area (Å²) in [6, 6.07) is 0.0805. The molecular formula is C10H19NO3. The minimum absolute atomic E-state index is 0.0805. The first-order valence-electron chi connectivity index (χ1n) is 5.13. The van der Waals surface area contributed by atoms with Crippen LogP contribution in [-0.4, -0.2) is 24.5 Å². The second-order valence-corrected chi connectivity index (χ2v) is 3.09. The summed E-state index contributed by atoms with van der Waals surface area (Å²) in [6.45, 7) is 5.93. The fraction of sp³-hybridized carbons (Fsp3) is 0.800. The van der Waals surface area contributed by atoms with Crippen molar-refractivity contribution in [1.29, 1.82) is 0 Å². The molecule has 1 unspecified atom stereocenters. The summed E-state index contributed by atoms with van der Waals surface area (Å²) in [5.41, 5.74) is 0. The predicted molar refractivity (Wildman–Crippen MR) is 53.8 cm³/mol. The minimum Gasteiger partial charge on any atom is -0.459 e. The van der Waals surface area contributed by atoms with Crippen molar-refractivity contribution >= 4 is 11.9 Å². The Morgan fingerprint density at radius 3 is 2.36 bits per heavy atom. The molecule has 0 aliphatic rings. The Balaban J connectivity index is 3.95. The van der Waals surface area contributed by atoms with Gasteiger partial charge in [-0.3, -0.25) is 4.79 Å². The van der Waals surface area contributed by atoms with Gasteiger partial charge in [-0.05, 0) is 19.8 Å². The average molecular weight is 201 g/mol. The molecule has 0 aromatic heterocycles. The van der Waals surface area contributed by atoms with Crippen LogP contribution in [0.4, 0.5) is 0 Å². The van der Waals surface area contributed by atoms with Gasteiger partial charge in [-0.25, -0.2) is 4.79 Å². The van der Waals surface area contributed by atoms with Gasteiger partial charge in [0.25, 0.3) is 0 Å². The number of rotatable bonds is 5. The molecule has 0 aliphatic carbocycles. The largest absolute Gasteiger partial charge is 0.459 e. The van der Waals surface area contributed by atoms with E-state index in [0.29, 0.717) is 0 Å². The summed E-state index contributed by atoms with van der Waals surface area (Å²) in [5.74, 6) is -1.42. The van der Waals surface area contributed by atoms with Crippen LogP contribution in [0.2, 0.25) is 0 Å². The Morgan fingerprint density at radius 2 is 1.93 bits per heavy atom. The molecule has 0 spiro atoms. The van der Waals surface area contributed by atoms with Gasteiger partial charge in [-0.1, -0.05) is 20.3 Å². The summed E-state index contributed by atoms with van der Waals surface area (Å²) < 4.78 is 4.58. The molecule has 4 heteroatoms. The molecule has 0 radical (unpaired) electrons. The zero-order chi connectivity index (χ0) is 11.0. The molecule has 4 nitrogen and oxygen atoms in total. The molecular weight excluding hydrogens is 182 g/mol. The molecule has 0 aromatic rings. The molecule has 1 amide bonds. The smallest absolute Gasteiger partial charge is 0.396 e. The monoisotopic (exact) mass is 201 g/mol. The minimum atomic E-state index is -0.790. The number of ether oxygens (including phenoxy) is 1. The topological polar surface area (TPSA) is 55.4 Å². The third-order valence-electron chi connectivity index (χ3n) is 1.93. The van der Waals surface area contributed by atoms with Crippen molar-refractivity contribution < 1.29 is 14.3 Å². The maximum absolute atomic E-state index is 11.2. The van der Waals surface area contributed by atoms with Crippen molar-refractivity contribution in [3.63, 3.8) is 0 Å². The Bertz CT molecular complexity index is 192. The van der Waals surface area contributed by atoms with Crippen molar-refractivity contribution in [1.82, 2.24) is 5.32 Å². The quantitative estimate of drug-likeness (QED) is 0.538. The van der Waals surface area contributed by atoms with Crippen LogP contribution >= 0.6 is 0 Å². The number of amides is 1. The first kappa shape index (κ1) is 12.9. The number of carbonyl (C=O) groups excluding carboxylic acids is 2. The van der Waals surface area contributed by atoms with Gasteiger partial charge in [0.2, 0.25) is 0 Å². The SMILES string of the molecule is CCCC(CC)NC(=O)C(=O)OCC. The van der Waals surface area contributed by atoms with Gasteiger partial charge < -0.3 is 10.1 Å². The maximum atomic E-state index is 11.2. The van der Waals surface area contributed by atoms with Crippen molar-refractivity contribution in [2.24, 2.45) is 0 Å². The standard InChI is InChI=1S/C10H19NO3/c1-4-7-8(5-2)11-9(12)10(13)14-6-3/h8H,4-7H2,1-3H3,(H,11,12). The molecule has 82 valence electrons. The van der Waals surface area contributed by atoms with E-state index in [-0.39, 0.29) is 12.6 Å². The Labute approximate surface area is 85.0 Å². The number of nitrogens with one attached hydrogen (secondary N) is 1. The van der Waals surface area contributed by atoms with Crippen LogP contribution in [0.3, 0.4) is 0 Å². The molecule has 0 rings (SSSR count). The van der Waals surface area contributed by atoms with Crippen LogP contribution in [0.1, 0.15) is 40.0 Å². The lowest BCUT2D eigenvalue weighted by Crippen LogP contribution is -2.39. The van der Waals surface area contributed by atoms with Gasteiger partial charge in [0, 0.05) is 6.04 Å². The van der Waals surface area contributed by atoms with Crippen LogP contribution in [0, 0.1) is 0 Å². The molecule has 0 aromatic carbocycles. The summed E-state index contributed by atoms with van der Waals surface area (Å²) >= 11 is 0. The second-order valence-electron chi connectivity index (χ2n) is 3.09. The predicted octanol–water partition coefficient (Wildman–Crippen LogP) is 1.24. The van der Waals surface area contributed by atoms with E-state index in [9.17, 15) is 9.59 Å². The Morgan fingerprint density at radius 1 is 1.29 bits per heavy atom. The molecule has 0 bridgehead atoms. The number of carbonyl (C=O) groups is 2. The fourth-order valence-electron chi connectivity index (χ4n) is 1.17. The van der Waals surface area contributed by atoms with Crippen LogP contribution in [-0.2, 0) is 14.3 Å². The highest BCUT2D eigenvalue weighted by molar-refractivity contribution is 6.32. The molecule has 1 atom stereocenters. The van der Waals surface area contributed by atoms with Gasteiger partial charge in [-0.2, -0.15) is 0 Å². The first-order valence-corrected chi connectivity index (χ1v) is 5.13. The lowest BCUT2D eigenvalue weighted by molar-refractivity contribution is -0.154. The van der Waals surface area contributed by atoms with Gasteiger partial charge in [0.05, 0.1) is 6.61 Å². The Hall–Kier alpha value is -1.06. The van der Waals surface area contributed by atoms with Crippen LogP contribution < -0.4 is 5.32 Å². The van der Waals surface area contributed by atoms with Crippen LogP contribution in [0.15, 0.2) is 0 Å². The number of esters is 1. The maximum Gasteiger partial charge on any atom is 0.396 e. The highest BCUT2D eigenvalue weighted by Gasteiger charge is 2.17. The molecule has 0 aliphatic heterocycles. The second kappa shape index (κ2) is 7.35. The zero-order valence-electron chi connectivity index (χ0n) is 9.13. The van der Waals surface area contributed by atoms with Crippen LogP contribution in [0.25, 0.3) is 0 Å². The van der Waals surface area contributed by atoms with E-state index in [1.165, 1.54) is 0 Å². The van der Waals surface area contributed by atoms with E-state index in [2.05, 4.69) is 10.1 Å². The number of hydrogen-bond donors (Lipinski definition) is 1. The zero-order valence-corrected chi connectivity index (χ0v) is 9.13. The third-order valence-corrected chi connectivity index (χ3v) is 1.93.